The van der Waals surface area contributed by atoms with Crippen LogP contribution < -0.4 is 0 Å². The van der Waals surface area contributed by atoms with E-state index < -0.39 is 0 Å². The molecule has 0 aromatic heterocycles. The number of hydrogen-bond donors (Lipinski definition) is 0. The van der Waals surface area contributed by atoms with Crippen LogP contribution in [0, 0.1) is 11.8 Å². The van der Waals surface area contributed by atoms with E-state index in [1.165, 1.54) is 22.3 Å². The molecule has 0 radical (unpaired) electrons. The van der Waals surface area contributed by atoms with Crippen LogP contribution in [-0.2, 0) is 35.3 Å². The maximum atomic E-state index is 13.3. The first-order chi connectivity index (χ1) is 14.7. The van der Waals surface area contributed by atoms with E-state index in [9.17, 15) is 9.59 Å². The van der Waals surface area contributed by atoms with Crippen LogP contribution in [0.3, 0.4) is 0 Å². The van der Waals surface area contributed by atoms with Gasteiger partial charge in [0.25, 0.3) is 0 Å². The third-order valence-electron chi connectivity index (χ3n) is 7.02. The molecular formula is C28H28O2. The fraction of sp³-hybridized carbons (Fsp3) is 0.357. The Morgan fingerprint density at radius 3 is 1.07 bits per heavy atom. The molecular weight excluding hydrogens is 368 g/mol. The summed E-state index contributed by atoms with van der Waals surface area (Å²) in [4.78, 5) is 26.5. The molecule has 2 atom stereocenters. The highest BCUT2D eigenvalue weighted by molar-refractivity contribution is 5.90. The molecule has 152 valence electrons. The second-order valence-corrected chi connectivity index (χ2v) is 9.00. The zero-order chi connectivity index (χ0) is 20.5. The van der Waals surface area contributed by atoms with Gasteiger partial charge >= 0.3 is 0 Å². The molecule has 8 bridgehead atoms. The van der Waals surface area contributed by atoms with Gasteiger partial charge in [-0.1, -0.05) is 71.8 Å². The maximum absolute atomic E-state index is 13.3. The molecule has 0 aliphatic heterocycles. The molecule has 5 aliphatic rings. The molecule has 0 unspecified atom stereocenters. The molecule has 2 aromatic rings. The summed E-state index contributed by atoms with van der Waals surface area (Å²) in [7, 11) is 0. The van der Waals surface area contributed by atoms with Gasteiger partial charge in [0.1, 0.15) is 11.6 Å². The number of rotatable bonds is 0. The van der Waals surface area contributed by atoms with Crippen LogP contribution in [0.15, 0.2) is 71.8 Å². The Morgan fingerprint density at radius 2 is 0.733 bits per heavy atom. The van der Waals surface area contributed by atoms with Gasteiger partial charge in [-0.25, -0.2) is 0 Å². The SMILES string of the molecule is O=C1CCc2ccc(cc2)CCC2=C[C@H]1C1=C[C@H]2C(=O)CCc2ccc(cc2)CC1. The fourth-order valence-electron chi connectivity index (χ4n) is 5.10. The molecule has 5 aliphatic carbocycles. The van der Waals surface area contributed by atoms with Gasteiger partial charge < -0.3 is 0 Å². The molecule has 0 saturated carbocycles. The number of allylic oxidation sites excluding steroid dienone is 4. The minimum absolute atomic E-state index is 0.164. The summed E-state index contributed by atoms with van der Waals surface area (Å²) < 4.78 is 0. The lowest BCUT2D eigenvalue weighted by Crippen LogP contribution is -2.26. The van der Waals surface area contributed by atoms with Gasteiger partial charge in [0.15, 0.2) is 0 Å². The predicted octanol–water partition coefficient (Wildman–Crippen LogP) is 5.38. The van der Waals surface area contributed by atoms with Gasteiger partial charge in [-0.2, -0.15) is 0 Å². The van der Waals surface area contributed by atoms with Crippen molar-refractivity contribution < 1.29 is 9.59 Å². The summed E-state index contributed by atoms with van der Waals surface area (Å²) >= 11 is 0. The highest BCUT2D eigenvalue weighted by atomic mass is 16.1. The van der Waals surface area contributed by atoms with Crippen molar-refractivity contribution >= 4 is 11.6 Å². The number of aryl methyl sites for hydroxylation is 4. The van der Waals surface area contributed by atoms with Crippen LogP contribution in [0.4, 0.5) is 0 Å². The number of hydrogen-bond acceptors (Lipinski definition) is 2. The molecule has 2 aromatic carbocycles. The molecule has 0 fully saturated rings. The second kappa shape index (κ2) is 8.18. The van der Waals surface area contributed by atoms with E-state index in [-0.39, 0.29) is 23.4 Å². The van der Waals surface area contributed by atoms with Gasteiger partial charge in [0.05, 0.1) is 11.8 Å². The van der Waals surface area contributed by atoms with E-state index >= 15 is 0 Å². The average molecular weight is 397 g/mol. The molecule has 0 spiro atoms. The monoisotopic (exact) mass is 396 g/mol. The maximum Gasteiger partial charge on any atom is 0.144 e. The summed E-state index contributed by atoms with van der Waals surface area (Å²) in [5.74, 6) is 0.249. The van der Waals surface area contributed by atoms with Crippen LogP contribution >= 0.6 is 0 Å². The summed E-state index contributed by atoms with van der Waals surface area (Å²) in [6, 6.07) is 17.3. The van der Waals surface area contributed by atoms with E-state index in [0.717, 1.165) is 49.7 Å². The van der Waals surface area contributed by atoms with Gasteiger partial charge in [0, 0.05) is 12.8 Å². The number of carbonyl (C=O) groups excluding carboxylic acids is 2. The van der Waals surface area contributed by atoms with Crippen molar-refractivity contribution in [2.75, 3.05) is 0 Å². The lowest BCUT2D eigenvalue weighted by molar-refractivity contribution is -0.122. The minimum Gasteiger partial charge on any atom is -0.299 e. The van der Waals surface area contributed by atoms with Crippen LogP contribution in [0.25, 0.3) is 0 Å². The van der Waals surface area contributed by atoms with Crippen molar-refractivity contribution in [2.24, 2.45) is 11.8 Å². The zero-order valence-corrected chi connectivity index (χ0v) is 17.4. The van der Waals surface area contributed by atoms with Gasteiger partial charge in [-0.05, 0) is 60.8 Å². The molecule has 0 saturated heterocycles. The van der Waals surface area contributed by atoms with Crippen molar-refractivity contribution in [3.05, 3.63) is 94.1 Å². The Bertz CT molecular complexity index is 936. The summed E-state index contributed by atoms with van der Waals surface area (Å²) in [6.45, 7) is 0. The normalized spacial score (nSPS) is 24.1. The third-order valence-corrected chi connectivity index (χ3v) is 7.02. The number of fused-ring (bicyclic) bond motifs is 10. The molecule has 0 N–H and O–H groups in total. The Morgan fingerprint density at radius 1 is 0.433 bits per heavy atom. The molecule has 30 heavy (non-hydrogen) atoms. The summed E-state index contributed by atoms with van der Waals surface area (Å²) in [5, 5.41) is 0. The van der Waals surface area contributed by atoms with Crippen molar-refractivity contribution in [1.82, 2.24) is 0 Å². The van der Waals surface area contributed by atoms with Crippen LogP contribution in [-0.4, -0.2) is 11.6 Å². The third kappa shape index (κ3) is 3.96. The molecule has 0 heterocycles. The van der Waals surface area contributed by atoms with Gasteiger partial charge in [0.2, 0.25) is 0 Å². The first kappa shape index (κ1) is 19.2. The topological polar surface area (TPSA) is 34.1 Å². The van der Waals surface area contributed by atoms with Crippen molar-refractivity contribution in [3.8, 4) is 0 Å². The van der Waals surface area contributed by atoms with Crippen LogP contribution in [0.1, 0.15) is 47.9 Å². The first-order valence-corrected chi connectivity index (χ1v) is 11.3. The number of carbonyl (C=O) groups is 2. The van der Waals surface area contributed by atoms with E-state index in [4.69, 9.17) is 0 Å². The van der Waals surface area contributed by atoms with Crippen LogP contribution in [0.5, 0.6) is 0 Å². The molecule has 7 rings (SSSR count). The van der Waals surface area contributed by atoms with E-state index in [2.05, 4.69) is 60.7 Å². The summed E-state index contributed by atoms with van der Waals surface area (Å²) in [6.07, 6.45) is 10.5. The van der Waals surface area contributed by atoms with Gasteiger partial charge in [-0.3, -0.25) is 9.59 Å². The lowest BCUT2D eigenvalue weighted by atomic mass is 9.74. The number of benzene rings is 2. The first-order valence-electron chi connectivity index (χ1n) is 11.3. The Balaban J connectivity index is 1.52. The predicted molar refractivity (Wildman–Crippen MR) is 119 cm³/mol. The fourth-order valence-corrected chi connectivity index (χ4v) is 5.10. The zero-order valence-electron chi connectivity index (χ0n) is 17.4. The molecule has 2 nitrogen and oxygen atoms in total. The average Bonchev–Trinajstić information content (AvgIpc) is 2.78. The smallest absolute Gasteiger partial charge is 0.144 e. The number of Topliss-reactive ketones (excluding diaryl/α,β-unsaturated/α-hetero) is 2. The van der Waals surface area contributed by atoms with E-state index in [0.29, 0.717) is 12.8 Å². The highest BCUT2D eigenvalue weighted by Crippen LogP contribution is 2.36. The summed E-state index contributed by atoms with van der Waals surface area (Å²) in [5.41, 5.74) is 7.37. The van der Waals surface area contributed by atoms with E-state index in [1.54, 1.807) is 0 Å². The Hall–Kier alpha value is -2.74. The van der Waals surface area contributed by atoms with Crippen LogP contribution in [0.2, 0.25) is 0 Å². The standard InChI is InChI=1S/C28H28O2/c29-27-15-11-21-5-1-19(2-6-21)9-13-23-17-26(27)24-14-10-20-3-7-22(8-4-20)12-16-28(30)25(23)18-24/h1-8,17-18,25-26H,9-16H2/t25-,26+. The highest BCUT2D eigenvalue weighted by Gasteiger charge is 2.31. The largest absolute Gasteiger partial charge is 0.299 e. The Kier molecular flexibility index (Phi) is 5.25. The van der Waals surface area contributed by atoms with E-state index in [1.807, 2.05) is 0 Å². The lowest BCUT2D eigenvalue weighted by Gasteiger charge is -2.29. The van der Waals surface area contributed by atoms with Crippen molar-refractivity contribution in [3.63, 3.8) is 0 Å². The van der Waals surface area contributed by atoms with Crippen molar-refractivity contribution in [2.45, 2.75) is 51.4 Å². The second-order valence-electron chi connectivity index (χ2n) is 9.00. The van der Waals surface area contributed by atoms with Crippen molar-refractivity contribution in [1.29, 1.82) is 0 Å². The Labute approximate surface area is 178 Å². The number of ketones is 2. The van der Waals surface area contributed by atoms with Gasteiger partial charge in [-0.15, -0.1) is 0 Å². The molecule has 2 heteroatoms. The molecule has 0 amide bonds. The minimum atomic E-state index is -0.164. The quantitative estimate of drug-likeness (QED) is 0.560.